The van der Waals surface area contributed by atoms with Gasteiger partial charge in [0.1, 0.15) is 5.76 Å². The van der Waals surface area contributed by atoms with E-state index in [9.17, 15) is 4.79 Å². The molecule has 3 heterocycles. The summed E-state index contributed by atoms with van der Waals surface area (Å²) in [5.41, 5.74) is 4.63. The lowest BCUT2D eigenvalue weighted by Crippen LogP contribution is -2.36. The number of rotatable bonds is 5. The molecule has 1 aliphatic carbocycles. The van der Waals surface area contributed by atoms with Gasteiger partial charge in [-0.3, -0.25) is 9.69 Å². The Morgan fingerprint density at radius 3 is 2.97 bits per heavy atom. The highest BCUT2D eigenvalue weighted by molar-refractivity contribution is 5.99. The lowest BCUT2D eigenvalue weighted by molar-refractivity contribution is 0.0934. The molecule has 3 aromatic rings. The predicted octanol–water partition coefficient (Wildman–Crippen LogP) is 4.45. The Hall–Kier alpha value is -2.53. The fourth-order valence-electron chi connectivity index (χ4n) is 4.97. The molecule has 1 amide bonds. The Bertz CT molecular complexity index is 999. The minimum Gasteiger partial charge on any atom is -0.468 e. The standard InChI is InChI=1S/C24H29N3O2/c1-16-6-8-20-18(13-16)19-14-17(7-9-21(19)26-20)24(28)25-15-22(23-5-4-12-29-23)27-10-2-3-11-27/h4-5,7,9,12,14,16,22,26H,2-3,6,8,10-11,13,15H2,1H3,(H,25,28)/t16-,22+/m1/s1. The number of hydrogen-bond acceptors (Lipinski definition) is 3. The van der Waals surface area contributed by atoms with Gasteiger partial charge in [0, 0.05) is 28.7 Å². The zero-order valence-electron chi connectivity index (χ0n) is 17.0. The zero-order valence-corrected chi connectivity index (χ0v) is 17.0. The van der Waals surface area contributed by atoms with Crippen LogP contribution in [-0.2, 0) is 12.8 Å². The Morgan fingerprint density at radius 1 is 1.31 bits per heavy atom. The van der Waals surface area contributed by atoms with Gasteiger partial charge in [-0.05, 0) is 87.0 Å². The highest BCUT2D eigenvalue weighted by atomic mass is 16.3. The SMILES string of the molecule is C[C@@H]1CCc2[nH]c3ccc(C(=O)NC[C@@H](c4ccco4)N4CCCC4)cc3c2C1. The highest BCUT2D eigenvalue weighted by Gasteiger charge is 2.26. The van der Waals surface area contributed by atoms with E-state index in [-0.39, 0.29) is 11.9 Å². The van der Waals surface area contributed by atoms with E-state index in [4.69, 9.17) is 4.42 Å². The van der Waals surface area contributed by atoms with E-state index >= 15 is 0 Å². The average Bonchev–Trinajstić information content (AvgIpc) is 3.49. The summed E-state index contributed by atoms with van der Waals surface area (Å²) in [6, 6.07) is 10.1. The Balaban J connectivity index is 1.35. The summed E-state index contributed by atoms with van der Waals surface area (Å²) >= 11 is 0. The van der Waals surface area contributed by atoms with E-state index < -0.39 is 0 Å². The van der Waals surface area contributed by atoms with Crippen LogP contribution in [0.4, 0.5) is 0 Å². The van der Waals surface area contributed by atoms with E-state index in [2.05, 4.69) is 34.3 Å². The van der Waals surface area contributed by atoms with Crippen LogP contribution in [0.2, 0.25) is 0 Å². The van der Waals surface area contributed by atoms with Gasteiger partial charge in [-0.2, -0.15) is 0 Å². The number of aryl methyl sites for hydroxylation is 1. The molecular formula is C24H29N3O2. The molecule has 0 unspecified atom stereocenters. The molecule has 5 nitrogen and oxygen atoms in total. The molecule has 0 radical (unpaired) electrons. The number of furan rings is 1. The predicted molar refractivity (Wildman–Crippen MR) is 114 cm³/mol. The Labute approximate surface area is 171 Å². The van der Waals surface area contributed by atoms with Crippen LogP contribution in [0.1, 0.15) is 59.6 Å². The van der Waals surface area contributed by atoms with Crippen LogP contribution in [0.3, 0.4) is 0 Å². The molecule has 152 valence electrons. The normalized spacial score (nSPS) is 20.7. The molecule has 1 aliphatic heterocycles. The first kappa shape index (κ1) is 18.5. The highest BCUT2D eigenvalue weighted by Crippen LogP contribution is 2.32. The summed E-state index contributed by atoms with van der Waals surface area (Å²) in [6.45, 7) is 4.99. The summed E-state index contributed by atoms with van der Waals surface area (Å²) < 4.78 is 5.67. The Morgan fingerprint density at radius 2 is 2.17 bits per heavy atom. The first-order valence-electron chi connectivity index (χ1n) is 10.9. The van der Waals surface area contributed by atoms with Crippen LogP contribution in [0.15, 0.2) is 41.0 Å². The second-order valence-electron chi connectivity index (χ2n) is 8.67. The van der Waals surface area contributed by atoms with Crippen molar-refractivity contribution in [2.75, 3.05) is 19.6 Å². The number of carbonyl (C=O) groups excluding carboxylic acids is 1. The van der Waals surface area contributed by atoms with Crippen molar-refractivity contribution in [3.05, 3.63) is 59.2 Å². The fraction of sp³-hybridized carbons (Fsp3) is 0.458. The van der Waals surface area contributed by atoms with Gasteiger partial charge < -0.3 is 14.7 Å². The largest absolute Gasteiger partial charge is 0.468 e. The van der Waals surface area contributed by atoms with E-state index in [1.54, 1.807) is 6.26 Å². The minimum absolute atomic E-state index is 0.0125. The summed E-state index contributed by atoms with van der Waals surface area (Å²) in [5, 5.41) is 4.37. The van der Waals surface area contributed by atoms with Crippen molar-refractivity contribution in [2.45, 2.75) is 45.1 Å². The lowest BCUT2D eigenvalue weighted by atomic mass is 9.87. The van der Waals surface area contributed by atoms with E-state index in [0.29, 0.717) is 12.5 Å². The second-order valence-corrected chi connectivity index (χ2v) is 8.67. The van der Waals surface area contributed by atoms with Gasteiger partial charge in [-0.25, -0.2) is 0 Å². The fourth-order valence-corrected chi connectivity index (χ4v) is 4.97. The van der Waals surface area contributed by atoms with Crippen molar-refractivity contribution in [1.29, 1.82) is 0 Å². The maximum atomic E-state index is 13.0. The number of H-pyrrole nitrogens is 1. The first-order chi connectivity index (χ1) is 14.2. The molecule has 0 saturated carbocycles. The first-order valence-corrected chi connectivity index (χ1v) is 10.9. The number of nitrogens with zero attached hydrogens (tertiary/aromatic N) is 1. The molecule has 2 N–H and O–H groups in total. The number of benzene rings is 1. The van der Waals surface area contributed by atoms with Gasteiger partial charge in [0.2, 0.25) is 0 Å². The molecule has 2 aromatic heterocycles. The van der Waals surface area contributed by atoms with Crippen LogP contribution in [0.5, 0.6) is 0 Å². The molecule has 0 bridgehead atoms. The zero-order chi connectivity index (χ0) is 19.8. The smallest absolute Gasteiger partial charge is 0.251 e. The van der Waals surface area contributed by atoms with E-state index in [1.807, 2.05) is 18.2 Å². The maximum Gasteiger partial charge on any atom is 0.251 e. The van der Waals surface area contributed by atoms with Gasteiger partial charge >= 0.3 is 0 Å². The number of carbonyl (C=O) groups is 1. The van der Waals surface area contributed by atoms with Crippen molar-refractivity contribution in [3.63, 3.8) is 0 Å². The number of fused-ring (bicyclic) bond motifs is 3. The maximum absolute atomic E-state index is 13.0. The topological polar surface area (TPSA) is 61.3 Å². The lowest BCUT2D eigenvalue weighted by Gasteiger charge is -2.26. The van der Waals surface area contributed by atoms with Crippen molar-refractivity contribution in [2.24, 2.45) is 5.92 Å². The van der Waals surface area contributed by atoms with Crippen molar-refractivity contribution in [3.8, 4) is 0 Å². The van der Waals surface area contributed by atoms with Crippen LogP contribution < -0.4 is 5.32 Å². The number of aromatic amines is 1. The van der Waals surface area contributed by atoms with Crippen molar-refractivity contribution < 1.29 is 9.21 Å². The number of nitrogens with one attached hydrogen (secondary N) is 2. The third-order valence-electron chi connectivity index (χ3n) is 6.61. The molecule has 29 heavy (non-hydrogen) atoms. The van der Waals surface area contributed by atoms with E-state index in [0.717, 1.165) is 42.8 Å². The molecular weight excluding hydrogens is 362 g/mol. The molecule has 5 heteroatoms. The van der Waals surface area contributed by atoms with Gasteiger partial charge in [0.25, 0.3) is 5.91 Å². The molecule has 2 atom stereocenters. The Kier molecular flexibility index (Phi) is 4.92. The van der Waals surface area contributed by atoms with Gasteiger partial charge in [-0.15, -0.1) is 0 Å². The van der Waals surface area contributed by atoms with Crippen LogP contribution in [0.25, 0.3) is 10.9 Å². The molecule has 0 spiro atoms. The molecule has 1 aromatic carbocycles. The average molecular weight is 392 g/mol. The monoisotopic (exact) mass is 391 g/mol. The molecule has 2 aliphatic rings. The third-order valence-corrected chi connectivity index (χ3v) is 6.61. The van der Waals surface area contributed by atoms with Gasteiger partial charge in [0.05, 0.1) is 12.3 Å². The third kappa shape index (κ3) is 3.60. The van der Waals surface area contributed by atoms with Crippen LogP contribution in [0, 0.1) is 5.92 Å². The second kappa shape index (κ2) is 7.71. The number of likely N-dealkylation sites (tertiary alicyclic amines) is 1. The van der Waals surface area contributed by atoms with Crippen LogP contribution >= 0.6 is 0 Å². The van der Waals surface area contributed by atoms with Crippen molar-refractivity contribution in [1.82, 2.24) is 15.2 Å². The number of aromatic nitrogens is 1. The molecule has 1 fully saturated rings. The molecule has 5 rings (SSSR count). The number of amides is 1. The number of hydrogen-bond donors (Lipinski definition) is 2. The summed E-state index contributed by atoms with van der Waals surface area (Å²) in [6.07, 6.45) is 7.56. The van der Waals surface area contributed by atoms with Gasteiger partial charge in [0.15, 0.2) is 0 Å². The summed E-state index contributed by atoms with van der Waals surface area (Å²) in [5.74, 6) is 1.62. The van der Waals surface area contributed by atoms with Crippen molar-refractivity contribution >= 4 is 16.8 Å². The quantitative estimate of drug-likeness (QED) is 0.675. The summed E-state index contributed by atoms with van der Waals surface area (Å²) in [4.78, 5) is 18.9. The summed E-state index contributed by atoms with van der Waals surface area (Å²) in [7, 11) is 0. The molecule has 1 saturated heterocycles. The minimum atomic E-state index is -0.0125. The van der Waals surface area contributed by atoms with E-state index in [1.165, 1.54) is 35.9 Å². The van der Waals surface area contributed by atoms with Gasteiger partial charge in [-0.1, -0.05) is 6.92 Å². The van der Waals surface area contributed by atoms with Crippen LogP contribution in [-0.4, -0.2) is 35.4 Å².